The van der Waals surface area contributed by atoms with Gasteiger partial charge in [-0.25, -0.2) is 8.42 Å². The van der Waals surface area contributed by atoms with Crippen LogP contribution in [0.4, 0.5) is 0 Å². The fourth-order valence-electron chi connectivity index (χ4n) is 2.96. The minimum absolute atomic E-state index is 0.110. The highest BCUT2D eigenvalue weighted by molar-refractivity contribution is 7.88. The van der Waals surface area contributed by atoms with Gasteiger partial charge in [0.2, 0.25) is 10.0 Å². The fourth-order valence-corrected chi connectivity index (χ4v) is 3.80. The zero-order chi connectivity index (χ0) is 20.2. The van der Waals surface area contributed by atoms with Gasteiger partial charge in [-0.2, -0.15) is 4.31 Å². The van der Waals surface area contributed by atoms with Crippen molar-refractivity contribution in [3.05, 3.63) is 6.54 Å². The molecule has 1 radical (unpaired) electrons. The summed E-state index contributed by atoms with van der Waals surface area (Å²) >= 11 is 0. The Kier molecular flexibility index (Phi) is 12.4. The quantitative estimate of drug-likeness (QED) is 0.390. The van der Waals surface area contributed by atoms with Crippen molar-refractivity contribution in [3.63, 3.8) is 0 Å². The monoisotopic (exact) mass is 392 g/mol. The molecule has 1 unspecified atom stereocenters. The van der Waals surface area contributed by atoms with E-state index < -0.39 is 16.0 Å². The Bertz CT molecular complexity index is 490. The minimum Gasteiger partial charge on any atom is -0.481 e. The summed E-state index contributed by atoms with van der Waals surface area (Å²) in [5.41, 5.74) is -0.293. The highest BCUT2D eigenvalue weighted by Gasteiger charge is 2.22. The lowest BCUT2D eigenvalue weighted by Gasteiger charge is -2.24. The summed E-state index contributed by atoms with van der Waals surface area (Å²) in [6.07, 6.45) is 8.24. The van der Waals surface area contributed by atoms with Gasteiger partial charge < -0.3 is 10.2 Å². The smallest absolute Gasteiger partial charge is 0.303 e. The van der Waals surface area contributed by atoms with Crippen molar-refractivity contribution in [1.29, 1.82) is 0 Å². The molecule has 0 saturated carbocycles. The first-order chi connectivity index (χ1) is 12.0. The molecule has 155 valence electrons. The Labute approximate surface area is 160 Å². The van der Waals surface area contributed by atoms with E-state index in [0.717, 1.165) is 38.5 Å². The number of nitrogens with zero attached hydrogens (tertiary/aromatic N) is 1. The molecular weight excluding hydrogens is 354 g/mol. The van der Waals surface area contributed by atoms with Crippen LogP contribution < -0.4 is 0 Å². The van der Waals surface area contributed by atoms with Crippen LogP contribution in [0.5, 0.6) is 0 Å². The standard InChI is InChI=1S/C19H38NO5S/c1-5-6-7-11-17(21)12-10-15-20(26(4,24)25)14-9-8-13-19(2,3)16-18(22)23/h14,17,21H,5-13,15-16H2,1-4H3,(H,22,23). The minimum atomic E-state index is -3.32. The summed E-state index contributed by atoms with van der Waals surface area (Å²) in [4.78, 5) is 10.8. The third-order valence-electron chi connectivity index (χ3n) is 4.50. The Morgan fingerprint density at radius 1 is 1.15 bits per heavy atom. The molecular formula is C19H38NO5S. The number of carboxylic acid groups (broad SMARTS) is 1. The van der Waals surface area contributed by atoms with Crippen LogP contribution >= 0.6 is 0 Å². The zero-order valence-corrected chi connectivity index (χ0v) is 17.7. The maximum absolute atomic E-state index is 11.9. The van der Waals surface area contributed by atoms with E-state index in [1.54, 1.807) is 6.54 Å². The van der Waals surface area contributed by atoms with Crippen molar-refractivity contribution >= 4 is 16.0 Å². The summed E-state index contributed by atoms with van der Waals surface area (Å²) in [5, 5.41) is 18.8. The molecule has 0 amide bonds. The number of hydrogen-bond donors (Lipinski definition) is 2. The van der Waals surface area contributed by atoms with Crippen molar-refractivity contribution in [2.45, 2.75) is 91.1 Å². The van der Waals surface area contributed by atoms with E-state index in [1.807, 2.05) is 13.8 Å². The lowest BCUT2D eigenvalue weighted by molar-refractivity contribution is -0.139. The van der Waals surface area contributed by atoms with Gasteiger partial charge in [-0.3, -0.25) is 4.79 Å². The average molecular weight is 393 g/mol. The number of unbranched alkanes of at least 4 members (excludes halogenated alkanes) is 3. The molecule has 0 aromatic heterocycles. The van der Waals surface area contributed by atoms with E-state index in [9.17, 15) is 18.3 Å². The van der Waals surface area contributed by atoms with Crippen molar-refractivity contribution in [2.75, 3.05) is 12.8 Å². The van der Waals surface area contributed by atoms with Gasteiger partial charge in [-0.1, -0.05) is 46.5 Å². The summed E-state index contributed by atoms with van der Waals surface area (Å²) in [7, 11) is -3.32. The summed E-state index contributed by atoms with van der Waals surface area (Å²) in [6, 6.07) is 0. The predicted octanol–water partition coefficient (Wildman–Crippen LogP) is 3.80. The van der Waals surface area contributed by atoms with E-state index in [4.69, 9.17) is 5.11 Å². The van der Waals surface area contributed by atoms with Gasteiger partial charge in [0, 0.05) is 13.1 Å². The van der Waals surface area contributed by atoms with Gasteiger partial charge in [0.05, 0.1) is 18.8 Å². The largest absolute Gasteiger partial charge is 0.481 e. The second-order valence-electron chi connectivity index (χ2n) is 7.98. The lowest BCUT2D eigenvalue weighted by Crippen LogP contribution is -2.29. The third kappa shape index (κ3) is 13.5. The van der Waals surface area contributed by atoms with Crippen LogP contribution in [0.3, 0.4) is 0 Å². The number of aliphatic carboxylic acids is 1. The average Bonchev–Trinajstić information content (AvgIpc) is 2.47. The van der Waals surface area contributed by atoms with Crippen LogP contribution in [0.25, 0.3) is 0 Å². The summed E-state index contributed by atoms with van der Waals surface area (Å²) < 4.78 is 25.2. The normalized spacial score (nSPS) is 13.9. The molecule has 2 N–H and O–H groups in total. The molecule has 0 fully saturated rings. The lowest BCUT2D eigenvalue weighted by atomic mass is 9.84. The molecule has 6 nitrogen and oxygen atoms in total. The van der Waals surface area contributed by atoms with Gasteiger partial charge >= 0.3 is 5.97 Å². The number of hydrogen-bond acceptors (Lipinski definition) is 4. The summed E-state index contributed by atoms with van der Waals surface area (Å²) in [6.45, 7) is 8.01. The second-order valence-corrected chi connectivity index (χ2v) is 9.91. The van der Waals surface area contributed by atoms with Crippen molar-refractivity contribution in [2.24, 2.45) is 5.41 Å². The van der Waals surface area contributed by atoms with Crippen LogP contribution in [-0.4, -0.2) is 47.8 Å². The first-order valence-electron chi connectivity index (χ1n) is 9.68. The molecule has 1 atom stereocenters. The molecule has 0 aliphatic rings. The number of carboxylic acids is 1. The first-order valence-corrected chi connectivity index (χ1v) is 11.5. The van der Waals surface area contributed by atoms with E-state index in [2.05, 4.69) is 6.92 Å². The topological polar surface area (TPSA) is 94.9 Å². The maximum Gasteiger partial charge on any atom is 0.303 e. The van der Waals surface area contributed by atoms with Gasteiger partial charge in [-0.15, -0.1) is 0 Å². The number of sulfonamides is 1. The van der Waals surface area contributed by atoms with Gasteiger partial charge in [0.25, 0.3) is 0 Å². The van der Waals surface area contributed by atoms with Crippen LogP contribution in [0.1, 0.15) is 85.0 Å². The molecule has 0 heterocycles. The first kappa shape index (κ1) is 25.3. The number of rotatable bonds is 16. The molecule has 0 rings (SSSR count). The number of carbonyl (C=O) groups is 1. The molecule has 0 spiro atoms. The highest BCUT2D eigenvalue weighted by Crippen LogP contribution is 2.28. The molecule has 0 aliphatic carbocycles. The van der Waals surface area contributed by atoms with Crippen LogP contribution in [0.2, 0.25) is 0 Å². The van der Waals surface area contributed by atoms with Crippen LogP contribution in [0.15, 0.2) is 0 Å². The zero-order valence-electron chi connectivity index (χ0n) is 16.9. The second kappa shape index (κ2) is 12.7. The predicted molar refractivity (Wildman–Crippen MR) is 105 cm³/mol. The Hall–Kier alpha value is -0.660. The molecule has 0 saturated heterocycles. The maximum atomic E-state index is 11.9. The van der Waals surface area contributed by atoms with Gasteiger partial charge in [0.1, 0.15) is 0 Å². The van der Waals surface area contributed by atoms with Crippen LogP contribution in [-0.2, 0) is 14.8 Å². The van der Waals surface area contributed by atoms with Gasteiger partial charge in [0.15, 0.2) is 0 Å². The molecule has 0 aromatic carbocycles. The van der Waals surface area contributed by atoms with Gasteiger partial charge in [-0.05, 0) is 37.5 Å². The number of aliphatic hydroxyl groups excluding tert-OH is 1. The van der Waals surface area contributed by atoms with Crippen molar-refractivity contribution in [3.8, 4) is 0 Å². The van der Waals surface area contributed by atoms with E-state index >= 15 is 0 Å². The molecule has 7 heteroatoms. The van der Waals surface area contributed by atoms with Crippen LogP contribution in [0, 0.1) is 12.0 Å². The number of aliphatic hydroxyl groups is 1. The summed E-state index contributed by atoms with van der Waals surface area (Å²) in [5.74, 6) is -0.811. The van der Waals surface area contributed by atoms with Crippen molar-refractivity contribution in [1.82, 2.24) is 4.31 Å². The molecule has 0 aromatic rings. The highest BCUT2D eigenvalue weighted by atomic mass is 32.2. The Balaban J connectivity index is 4.21. The fraction of sp³-hybridized carbons (Fsp3) is 0.895. The van der Waals surface area contributed by atoms with E-state index in [1.165, 1.54) is 10.6 Å². The third-order valence-corrected chi connectivity index (χ3v) is 5.69. The molecule has 0 aliphatic heterocycles. The molecule has 0 bridgehead atoms. The Morgan fingerprint density at radius 2 is 1.77 bits per heavy atom. The SMILES string of the molecule is CCCCCC(O)CCCN([CH]CCCC(C)(C)CC(=O)O)S(C)(=O)=O. The van der Waals surface area contributed by atoms with E-state index in [0.29, 0.717) is 25.8 Å². The Morgan fingerprint density at radius 3 is 2.31 bits per heavy atom. The van der Waals surface area contributed by atoms with E-state index in [-0.39, 0.29) is 17.9 Å². The molecule has 26 heavy (non-hydrogen) atoms. The van der Waals surface area contributed by atoms with Crippen molar-refractivity contribution < 1.29 is 23.4 Å².